The molecule has 0 N–H and O–H groups in total. The lowest BCUT2D eigenvalue weighted by atomic mass is 10.0. The molecule has 0 aliphatic carbocycles. The van der Waals surface area contributed by atoms with Crippen LogP contribution in [0.1, 0.15) is 342 Å². The first kappa shape index (κ1) is 71.6. The van der Waals surface area contributed by atoms with Crippen molar-refractivity contribution in [3.8, 4) is 0 Å². The van der Waals surface area contributed by atoms with Crippen molar-refractivity contribution in [1.29, 1.82) is 0 Å². The molecular formula is C69H126O5. The van der Waals surface area contributed by atoms with E-state index >= 15 is 0 Å². The van der Waals surface area contributed by atoms with Crippen LogP contribution in [0.3, 0.4) is 0 Å². The monoisotopic (exact) mass is 1030 g/mol. The minimum Gasteiger partial charge on any atom is -0.462 e. The number of ether oxygens (including phenoxy) is 3. The summed E-state index contributed by atoms with van der Waals surface area (Å²) in [5.74, 6) is -0.386. The molecule has 0 fully saturated rings. The molecule has 0 aromatic carbocycles. The van der Waals surface area contributed by atoms with Gasteiger partial charge >= 0.3 is 11.9 Å². The molecule has 0 saturated carbocycles. The third kappa shape index (κ3) is 62.1. The number of carbonyl (C=O) groups is 2. The highest BCUT2D eigenvalue weighted by atomic mass is 16.6. The van der Waals surface area contributed by atoms with E-state index in [1.165, 1.54) is 244 Å². The zero-order valence-corrected chi connectivity index (χ0v) is 49.9. The SMILES string of the molecule is CC/C=C\C/C=C\C/C=C\C/C=C\CCCCCCCCCOCC(COC(=O)CCCCCCCCCCC/C=C\CCCCCCCC)OC(=O)CCCCCCCCCCCCCCCCCCCCC. The van der Waals surface area contributed by atoms with E-state index < -0.39 is 6.10 Å². The highest BCUT2D eigenvalue weighted by molar-refractivity contribution is 5.70. The minimum absolute atomic E-state index is 0.0829. The number of hydrogen-bond acceptors (Lipinski definition) is 5. The maximum Gasteiger partial charge on any atom is 0.306 e. The van der Waals surface area contributed by atoms with E-state index in [9.17, 15) is 9.59 Å². The van der Waals surface area contributed by atoms with Gasteiger partial charge in [0.1, 0.15) is 6.61 Å². The van der Waals surface area contributed by atoms with Crippen molar-refractivity contribution in [2.75, 3.05) is 19.8 Å². The Morgan fingerprint density at radius 2 is 0.608 bits per heavy atom. The number of hydrogen-bond donors (Lipinski definition) is 0. The van der Waals surface area contributed by atoms with Crippen LogP contribution >= 0.6 is 0 Å². The first-order chi connectivity index (χ1) is 36.6. The lowest BCUT2D eigenvalue weighted by Crippen LogP contribution is -2.30. The van der Waals surface area contributed by atoms with E-state index in [1.54, 1.807) is 0 Å². The van der Waals surface area contributed by atoms with E-state index in [0.29, 0.717) is 19.4 Å². The van der Waals surface area contributed by atoms with E-state index in [4.69, 9.17) is 14.2 Å². The summed E-state index contributed by atoms with van der Waals surface area (Å²) in [7, 11) is 0. The lowest BCUT2D eigenvalue weighted by molar-refractivity contribution is -0.163. The number of rotatable bonds is 61. The van der Waals surface area contributed by atoms with Gasteiger partial charge in [-0.15, -0.1) is 0 Å². The van der Waals surface area contributed by atoms with Gasteiger partial charge in [-0.25, -0.2) is 0 Å². The summed E-state index contributed by atoms with van der Waals surface area (Å²) < 4.78 is 17.6. The van der Waals surface area contributed by atoms with Crippen LogP contribution in [0.25, 0.3) is 0 Å². The predicted molar refractivity (Wildman–Crippen MR) is 325 cm³/mol. The largest absolute Gasteiger partial charge is 0.462 e. The Labute approximate surface area is 462 Å². The van der Waals surface area contributed by atoms with Gasteiger partial charge in [-0.3, -0.25) is 9.59 Å². The van der Waals surface area contributed by atoms with E-state index in [0.717, 1.165) is 64.2 Å². The van der Waals surface area contributed by atoms with Gasteiger partial charge in [0.05, 0.1) is 6.61 Å². The Morgan fingerprint density at radius 3 is 0.986 bits per heavy atom. The van der Waals surface area contributed by atoms with Gasteiger partial charge in [0, 0.05) is 19.4 Å². The molecule has 0 heterocycles. The molecule has 0 aliphatic heterocycles. The summed E-state index contributed by atoms with van der Waals surface area (Å²) in [5, 5.41) is 0. The highest BCUT2D eigenvalue weighted by Gasteiger charge is 2.18. The maximum atomic E-state index is 12.9. The van der Waals surface area contributed by atoms with Crippen LogP contribution < -0.4 is 0 Å². The molecular weight excluding hydrogens is 909 g/mol. The zero-order chi connectivity index (χ0) is 53.4. The fraction of sp³-hybridized carbons (Fsp3) is 0.826. The molecule has 0 aromatic heterocycles. The highest BCUT2D eigenvalue weighted by Crippen LogP contribution is 2.17. The standard InChI is InChI=1S/C69H126O5/c1-4-7-10-13-16-19-22-25-28-31-34-37-40-43-46-49-52-55-58-61-64-72-65-67(74-69(71)63-60-57-54-51-48-45-42-39-36-33-30-27-24-21-18-15-12-9-6-3)66-73-68(70)62-59-56-53-50-47-44-41-38-35-32-29-26-23-20-17-14-11-8-5-2/h7,10,16,19,25-26,28-29,34,37,67H,4-6,8-9,11-15,17-18,20-24,27,30-33,35-36,38-66H2,1-3H3/b10-7-,19-16-,28-25-,29-26-,37-34-. The smallest absolute Gasteiger partial charge is 0.306 e. The van der Waals surface area contributed by atoms with Gasteiger partial charge in [0.2, 0.25) is 0 Å². The second kappa shape index (κ2) is 64.9. The van der Waals surface area contributed by atoms with Gasteiger partial charge in [-0.05, 0) is 83.5 Å². The Morgan fingerprint density at radius 1 is 0.311 bits per heavy atom. The van der Waals surface area contributed by atoms with Crippen LogP contribution in [0.5, 0.6) is 0 Å². The van der Waals surface area contributed by atoms with Gasteiger partial charge in [0.15, 0.2) is 6.10 Å². The third-order valence-corrected chi connectivity index (χ3v) is 14.5. The zero-order valence-electron chi connectivity index (χ0n) is 49.9. The predicted octanol–water partition coefficient (Wildman–Crippen LogP) is 22.8. The number of carbonyl (C=O) groups excluding carboxylic acids is 2. The Kier molecular flexibility index (Phi) is 62.8. The summed E-state index contributed by atoms with van der Waals surface area (Å²) in [6.07, 6.45) is 84.1. The first-order valence-electron chi connectivity index (χ1n) is 32.8. The molecule has 432 valence electrons. The molecule has 0 bridgehead atoms. The topological polar surface area (TPSA) is 61.8 Å². The van der Waals surface area contributed by atoms with Crippen LogP contribution in [0, 0.1) is 0 Å². The van der Waals surface area contributed by atoms with Crippen LogP contribution in [0.15, 0.2) is 60.8 Å². The molecule has 0 spiro atoms. The Balaban J connectivity index is 4.27. The lowest BCUT2D eigenvalue weighted by Gasteiger charge is -2.18. The van der Waals surface area contributed by atoms with Gasteiger partial charge in [-0.2, -0.15) is 0 Å². The Hall–Kier alpha value is -2.40. The van der Waals surface area contributed by atoms with Gasteiger partial charge < -0.3 is 14.2 Å². The molecule has 1 unspecified atom stereocenters. The maximum absolute atomic E-state index is 12.9. The van der Waals surface area contributed by atoms with Crippen molar-refractivity contribution in [2.45, 2.75) is 348 Å². The molecule has 5 nitrogen and oxygen atoms in total. The number of allylic oxidation sites excluding steroid dienone is 10. The van der Waals surface area contributed by atoms with Crippen molar-refractivity contribution in [1.82, 2.24) is 0 Å². The summed E-state index contributed by atoms with van der Waals surface area (Å²) in [4.78, 5) is 25.7. The van der Waals surface area contributed by atoms with Gasteiger partial charge in [-0.1, -0.05) is 306 Å². The van der Waals surface area contributed by atoms with E-state index in [1.807, 2.05) is 0 Å². The fourth-order valence-corrected chi connectivity index (χ4v) is 9.68. The van der Waals surface area contributed by atoms with Crippen LogP contribution in [-0.4, -0.2) is 37.9 Å². The summed E-state index contributed by atoms with van der Waals surface area (Å²) in [6, 6.07) is 0. The van der Waals surface area contributed by atoms with Crippen molar-refractivity contribution >= 4 is 11.9 Å². The van der Waals surface area contributed by atoms with Crippen molar-refractivity contribution in [2.24, 2.45) is 0 Å². The normalized spacial score (nSPS) is 12.5. The van der Waals surface area contributed by atoms with Crippen molar-refractivity contribution in [3.63, 3.8) is 0 Å². The molecule has 0 saturated heterocycles. The number of esters is 2. The quantitative estimate of drug-likeness (QED) is 0.0345. The van der Waals surface area contributed by atoms with Crippen molar-refractivity contribution in [3.05, 3.63) is 60.8 Å². The molecule has 0 rings (SSSR count). The molecule has 0 radical (unpaired) electrons. The van der Waals surface area contributed by atoms with Gasteiger partial charge in [0.25, 0.3) is 0 Å². The summed E-state index contributed by atoms with van der Waals surface area (Å²) >= 11 is 0. The van der Waals surface area contributed by atoms with Crippen LogP contribution in [-0.2, 0) is 23.8 Å². The first-order valence-corrected chi connectivity index (χ1v) is 32.8. The molecule has 1 atom stereocenters. The Bertz CT molecular complexity index is 1260. The average molecular weight is 1040 g/mol. The minimum atomic E-state index is -0.543. The van der Waals surface area contributed by atoms with Crippen LogP contribution in [0.4, 0.5) is 0 Å². The van der Waals surface area contributed by atoms with E-state index in [2.05, 4.69) is 81.5 Å². The average Bonchev–Trinajstić information content (AvgIpc) is 3.40. The molecule has 0 aliphatic rings. The summed E-state index contributed by atoms with van der Waals surface area (Å²) in [6.45, 7) is 7.75. The number of unbranched alkanes of at least 4 members (excludes halogenated alkanes) is 40. The summed E-state index contributed by atoms with van der Waals surface area (Å²) in [5.41, 5.74) is 0. The second-order valence-corrected chi connectivity index (χ2v) is 22.0. The fourth-order valence-electron chi connectivity index (χ4n) is 9.68. The molecule has 5 heteroatoms. The second-order valence-electron chi connectivity index (χ2n) is 22.0. The molecule has 0 aromatic rings. The third-order valence-electron chi connectivity index (χ3n) is 14.5. The van der Waals surface area contributed by atoms with Crippen molar-refractivity contribution < 1.29 is 23.8 Å². The molecule has 0 amide bonds. The van der Waals surface area contributed by atoms with Crippen LogP contribution in [0.2, 0.25) is 0 Å². The molecule has 74 heavy (non-hydrogen) atoms. The van der Waals surface area contributed by atoms with E-state index in [-0.39, 0.29) is 25.2 Å².